The van der Waals surface area contributed by atoms with Crippen LogP contribution in [0.1, 0.15) is 38.2 Å². The van der Waals surface area contributed by atoms with E-state index in [1.807, 2.05) is 12.1 Å². The van der Waals surface area contributed by atoms with Gasteiger partial charge >= 0.3 is 0 Å². The summed E-state index contributed by atoms with van der Waals surface area (Å²) < 4.78 is 10.8. The molecule has 1 aromatic rings. The van der Waals surface area contributed by atoms with Crippen molar-refractivity contribution in [1.29, 1.82) is 0 Å². The molecule has 28 heavy (non-hydrogen) atoms. The first-order valence-corrected chi connectivity index (χ1v) is 10.3. The van der Waals surface area contributed by atoms with Crippen LogP contribution in [0, 0.1) is 0 Å². The standard InChI is InChI=1S/C21H36N4O2.HI/c1-3-22-21(23-11-14-25-12-5-4-6-13-25)24-18-19-9-7-10-20(17-19)27-16-8-15-26-2;/h7,9-10,17H,3-6,8,11-16,18H2,1-2H3,(H2,22,23,24);1H. The number of hydrogen-bond acceptors (Lipinski definition) is 4. The van der Waals surface area contributed by atoms with Crippen molar-refractivity contribution >= 4 is 29.9 Å². The molecule has 0 bridgehead atoms. The summed E-state index contributed by atoms with van der Waals surface area (Å²) >= 11 is 0. The van der Waals surface area contributed by atoms with Gasteiger partial charge in [-0.3, -0.25) is 0 Å². The molecule has 1 aromatic carbocycles. The number of likely N-dealkylation sites (tertiary alicyclic amines) is 1. The molecule has 0 unspecified atom stereocenters. The van der Waals surface area contributed by atoms with Crippen LogP contribution in [0.3, 0.4) is 0 Å². The molecule has 1 aliphatic rings. The third kappa shape index (κ3) is 10.5. The number of benzene rings is 1. The van der Waals surface area contributed by atoms with Crippen molar-refractivity contribution in [3.8, 4) is 5.75 Å². The normalized spacial score (nSPS) is 15.0. The summed E-state index contributed by atoms with van der Waals surface area (Å²) in [4.78, 5) is 7.25. The average molecular weight is 504 g/mol. The van der Waals surface area contributed by atoms with Crippen LogP contribution in [0.5, 0.6) is 5.75 Å². The number of halogens is 1. The number of methoxy groups -OCH3 is 1. The zero-order valence-corrected chi connectivity index (χ0v) is 19.7. The van der Waals surface area contributed by atoms with E-state index in [2.05, 4.69) is 34.6 Å². The quantitative estimate of drug-likeness (QED) is 0.210. The van der Waals surface area contributed by atoms with Crippen LogP contribution >= 0.6 is 24.0 Å². The van der Waals surface area contributed by atoms with Gasteiger partial charge in [0.1, 0.15) is 5.75 Å². The summed E-state index contributed by atoms with van der Waals surface area (Å²) in [5, 5.41) is 6.78. The number of ether oxygens (including phenoxy) is 2. The zero-order valence-electron chi connectivity index (χ0n) is 17.4. The highest BCUT2D eigenvalue weighted by Gasteiger charge is 2.09. The summed E-state index contributed by atoms with van der Waals surface area (Å²) in [6, 6.07) is 8.16. The molecular formula is C21H37IN4O2. The third-order valence-corrected chi connectivity index (χ3v) is 4.59. The lowest BCUT2D eigenvalue weighted by molar-refractivity contribution is 0.172. The Morgan fingerprint density at radius 3 is 2.71 bits per heavy atom. The molecule has 1 fully saturated rings. The minimum absolute atomic E-state index is 0. The van der Waals surface area contributed by atoms with Crippen LogP contribution in [-0.2, 0) is 11.3 Å². The van der Waals surface area contributed by atoms with Gasteiger partial charge in [-0.2, -0.15) is 0 Å². The summed E-state index contributed by atoms with van der Waals surface area (Å²) in [5.74, 6) is 1.77. The number of hydrogen-bond donors (Lipinski definition) is 2. The molecule has 0 spiro atoms. The average Bonchev–Trinajstić information content (AvgIpc) is 2.70. The van der Waals surface area contributed by atoms with Crippen LogP contribution in [0.15, 0.2) is 29.3 Å². The lowest BCUT2D eigenvalue weighted by atomic mass is 10.1. The van der Waals surface area contributed by atoms with Gasteiger partial charge in [0.2, 0.25) is 0 Å². The number of nitrogens with one attached hydrogen (secondary N) is 2. The Kier molecular flexibility index (Phi) is 14.1. The fraction of sp³-hybridized carbons (Fsp3) is 0.667. The summed E-state index contributed by atoms with van der Waals surface area (Å²) in [6.07, 6.45) is 4.93. The van der Waals surface area contributed by atoms with E-state index >= 15 is 0 Å². The first kappa shape index (κ1) is 25.0. The van der Waals surface area contributed by atoms with Crippen molar-refractivity contribution in [2.45, 2.75) is 39.2 Å². The summed E-state index contributed by atoms with van der Waals surface area (Å²) in [7, 11) is 1.71. The van der Waals surface area contributed by atoms with Crippen molar-refractivity contribution in [3.63, 3.8) is 0 Å². The van der Waals surface area contributed by atoms with Crippen molar-refractivity contribution in [2.75, 3.05) is 53.0 Å². The Hall–Kier alpha value is -1.06. The predicted octanol–water partition coefficient (Wildman–Crippen LogP) is 3.26. The van der Waals surface area contributed by atoms with Gasteiger partial charge in [0.15, 0.2) is 5.96 Å². The molecule has 0 amide bonds. The topological polar surface area (TPSA) is 58.1 Å². The molecule has 0 aliphatic carbocycles. The van der Waals surface area contributed by atoms with E-state index in [-0.39, 0.29) is 24.0 Å². The molecule has 2 N–H and O–H groups in total. The highest BCUT2D eigenvalue weighted by atomic mass is 127. The SMILES string of the molecule is CCNC(=NCc1cccc(OCCCOC)c1)NCCN1CCCCC1.I. The Morgan fingerprint density at radius 1 is 1.14 bits per heavy atom. The highest BCUT2D eigenvalue weighted by Crippen LogP contribution is 2.14. The van der Waals surface area contributed by atoms with Gasteiger partial charge < -0.3 is 25.0 Å². The molecule has 0 radical (unpaired) electrons. The molecule has 160 valence electrons. The van der Waals surface area contributed by atoms with Gasteiger partial charge in [-0.15, -0.1) is 24.0 Å². The number of nitrogens with zero attached hydrogens (tertiary/aromatic N) is 2. The van der Waals surface area contributed by atoms with Crippen LogP contribution in [0.4, 0.5) is 0 Å². The van der Waals surface area contributed by atoms with E-state index in [1.165, 1.54) is 32.4 Å². The molecule has 0 saturated carbocycles. The molecule has 1 aliphatic heterocycles. The predicted molar refractivity (Wildman–Crippen MR) is 127 cm³/mol. The first-order chi connectivity index (χ1) is 13.3. The maximum absolute atomic E-state index is 5.77. The molecule has 1 heterocycles. The molecule has 0 aromatic heterocycles. The maximum atomic E-state index is 5.77. The van der Waals surface area contributed by atoms with Gasteiger partial charge in [-0.25, -0.2) is 4.99 Å². The molecule has 1 saturated heterocycles. The van der Waals surface area contributed by atoms with Crippen LogP contribution in [-0.4, -0.2) is 63.9 Å². The Labute approximate surface area is 187 Å². The fourth-order valence-electron chi connectivity index (χ4n) is 3.15. The van der Waals surface area contributed by atoms with E-state index in [0.717, 1.165) is 49.9 Å². The van der Waals surface area contributed by atoms with E-state index in [1.54, 1.807) is 7.11 Å². The lowest BCUT2D eigenvalue weighted by Gasteiger charge is -2.26. The minimum atomic E-state index is 0. The van der Waals surface area contributed by atoms with Gasteiger partial charge in [-0.05, 0) is 50.6 Å². The van der Waals surface area contributed by atoms with E-state index in [0.29, 0.717) is 13.2 Å². The molecular weight excluding hydrogens is 467 g/mol. The number of aliphatic imine (C=N–C) groups is 1. The number of piperidine rings is 1. The second kappa shape index (κ2) is 15.8. The lowest BCUT2D eigenvalue weighted by Crippen LogP contribution is -2.42. The monoisotopic (exact) mass is 504 g/mol. The molecule has 0 atom stereocenters. The van der Waals surface area contributed by atoms with Crippen molar-refractivity contribution in [1.82, 2.24) is 15.5 Å². The van der Waals surface area contributed by atoms with Crippen molar-refractivity contribution in [3.05, 3.63) is 29.8 Å². The largest absolute Gasteiger partial charge is 0.493 e. The molecule has 7 heteroatoms. The fourth-order valence-corrected chi connectivity index (χ4v) is 3.15. The van der Waals surface area contributed by atoms with E-state index < -0.39 is 0 Å². The van der Waals surface area contributed by atoms with Gasteiger partial charge in [0, 0.05) is 39.8 Å². The minimum Gasteiger partial charge on any atom is -0.493 e. The smallest absolute Gasteiger partial charge is 0.191 e. The van der Waals surface area contributed by atoms with E-state index in [4.69, 9.17) is 14.5 Å². The maximum Gasteiger partial charge on any atom is 0.191 e. The number of guanidine groups is 1. The first-order valence-electron chi connectivity index (χ1n) is 10.3. The van der Waals surface area contributed by atoms with Gasteiger partial charge in [0.25, 0.3) is 0 Å². The third-order valence-electron chi connectivity index (χ3n) is 4.59. The van der Waals surface area contributed by atoms with Gasteiger partial charge in [-0.1, -0.05) is 18.6 Å². The van der Waals surface area contributed by atoms with Crippen molar-refractivity contribution < 1.29 is 9.47 Å². The van der Waals surface area contributed by atoms with E-state index in [9.17, 15) is 0 Å². The Morgan fingerprint density at radius 2 is 1.96 bits per heavy atom. The number of rotatable bonds is 11. The zero-order chi connectivity index (χ0) is 19.2. The molecule has 2 rings (SSSR count). The second-order valence-corrected chi connectivity index (χ2v) is 6.87. The van der Waals surface area contributed by atoms with Crippen molar-refractivity contribution in [2.24, 2.45) is 4.99 Å². The highest BCUT2D eigenvalue weighted by molar-refractivity contribution is 14.0. The van der Waals surface area contributed by atoms with Crippen LogP contribution < -0.4 is 15.4 Å². The second-order valence-electron chi connectivity index (χ2n) is 6.87. The van der Waals surface area contributed by atoms with Crippen LogP contribution in [0.2, 0.25) is 0 Å². The van der Waals surface area contributed by atoms with Gasteiger partial charge in [0.05, 0.1) is 13.2 Å². The molecule has 6 nitrogen and oxygen atoms in total. The Balaban J connectivity index is 0.00000392. The van der Waals surface area contributed by atoms with Crippen LogP contribution in [0.25, 0.3) is 0 Å². The summed E-state index contributed by atoms with van der Waals surface area (Å²) in [5.41, 5.74) is 1.15. The summed E-state index contributed by atoms with van der Waals surface area (Å²) in [6.45, 7) is 9.44. The Bertz CT molecular complexity index is 551.